The number of thiophene rings is 1. The van der Waals surface area contributed by atoms with E-state index < -0.39 is 9.84 Å². The minimum atomic E-state index is -3.69. The maximum Gasteiger partial charge on any atom is 0.267 e. The predicted molar refractivity (Wildman–Crippen MR) is 97.4 cm³/mol. The number of nitrogens with zero attached hydrogens (tertiary/aromatic N) is 3. The minimum Gasteiger partial charge on any atom is -0.439 e. The van der Waals surface area contributed by atoms with Gasteiger partial charge in [0.1, 0.15) is 11.6 Å². The molecule has 1 saturated carbocycles. The van der Waals surface area contributed by atoms with E-state index in [1.807, 2.05) is 17.5 Å². The molecule has 1 aliphatic carbocycles. The first-order valence-corrected chi connectivity index (χ1v) is 11.3. The van der Waals surface area contributed by atoms with E-state index in [1.165, 1.54) is 37.0 Å². The summed E-state index contributed by atoms with van der Waals surface area (Å²) in [5, 5.41) is 8.39. The summed E-state index contributed by atoms with van der Waals surface area (Å²) < 4.78 is 30.6. The fraction of sp³-hybridized carbons (Fsp3) is 0.471. The molecular weight excluding hydrogens is 372 g/mol. The molecule has 3 heterocycles. The number of sulfone groups is 1. The van der Waals surface area contributed by atoms with Crippen LogP contribution >= 0.6 is 11.3 Å². The topological polar surface area (TPSA) is 102 Å². The van der Waals surface area contributed by atoms with Crippen molar-refractivity contribution in [2.45, 2.75) is 49.4 Å². The lowest BCUT2D eigenvalue weighted by Gasteiger charge is -2.05. The Bertz CT molecular complexity index is 954. The van der Waals surface area contributed by atoms with Crippen molar-refractivity contribution in [1.29, 1.82) is 0 Å². The molecule has 1 N–H and O–H groups in total. The molecule has 0 aromatic carbocycles. The molecule has 0 atom stereocenters. The Morgan fingerprint density at radius 1 is 1.31 bits per heavy atom. The van der Waals surface area contributed by atoms with Crippen LogP contribution in [0.1, 0.15) is 43.8 Å². The molecule has 1 aliphatic rings. The zero-order valence-electron chi connectivity index (χ0n) is 14.2. The molecule has 9 heteroatoms. The first-order valence-electron chi connectivity index (χ1n) is 8.73. The van der Waals surface area contributed by atoms with E-state index in [0.29, 0.717) is 11.6 Å². The number of hydrogen-bond donors (Lipinski definition) is 1. The second-order valence-corrected chi connectivity index (χ2v) is 9.44. The average Bonchev–Trinajstić information content (AvgIpc) is 3.39. The van der Waals surface area contributed by atoms with Crippen molar-refractivity contribution in [1.82, 2.24) is 20.2 Å². The molecule has 4 rings (SSSR count). The van der Waals surface area contributed by atoms with Gasteiger partial charge in [0.05, 0.1) is 11.1 Å². The molecule has 0 aliphatic heterocycles. The number of oxazole rings is 1. The van der Waals surface area contributed by atoms with Crippen molar-refractivity contribution in [2.24, 2.45) is 5.92 Å². The van der Waals surface area contributed by atoms with Crippen molar-refractivity contribution in [3.05, 3.63) is 35.4 Å². The van der Waals surface area contributed by atoms with Crippen molar-refractivity contribution in [3.8, 4) is 10.6 Å². The quantitative estimate of drug-likeness (QED) is 0.659. The van der Waals surface area contributed by atoms with E-state index in [0.717, 1.165) is 23.6 Å². The van der Waals surface area contributed by atoms with Gasteiger partial charge in [-0.15, -0.1) is 16.4 Å². The fourth-order valence-electron chi connectivity index (χ4n) is 3.31. The second-order valence-electron chi connectivity index (χ2n) is 6.61. The Balaban J connectivity index is 1.41. The molecule has 1 fully saturated rings. The molecule has 0 unspecified atom stereocenters. The van der Waals surface area contributed by atoms with Crippen molar-refractivity contribution in [2.75, 3.05) is 0 Å². The SMILES string of the molecule is O=S(=O)(Cc1ncc(-c2cccs2)o1)c1n[nH]c(CCC2CCCC2)n1. The number of aromatic nitrogens is 4. The lowest BCUT2D eigenvalue weighted by Crippen LogP contribution is -2.07. The summed E-state index contributed by atoms with van der Waals surface area (Å²) in [5.41, 5.74) is 0. The van der Waals surface area contributed by atoms with Gasteiger partial charge >= 0.3 is 0 Å². The third-order valence-electron chi connectivity index (χ3n) is 4.68. The average molecular weight is 393 g/mol. The fourth-order valence-corrected chi connectivity index (χ4v) is 5.00. The second kappa shape index (κ2) is 7.32. The van der Waals surface area contributed by atoms with Gasteiger partial charge in [-0.2, -0.15) is 0 Å². The summed E-state index contributed by atoms with van der Waals surface area (Å²) in [4.78, 5) is 9.16. The molecule has 0 spiro atoms. The predicted octanol–water partition coefficient (Wildman–Crippen LogP) is 3.62. The highest BCUT2D eigenvalue weighted by atomic mass is 32.2. The summed E-state index contributed by atoms with van der Waals surface area (Å²) in [7, 11) is -3.69. The zero-order valence-corrected chi connectivity index (χ0v) is 15.9. The lowest BCUT2D eigenvalue weighted by molar-refractivity contribution is 0.497. The summed E-state index contributed by atoms with van der Waals surface area (Å²) >= 11 is 1.51. The summed E-state index contributed by atoms with van der Waals surface area (Å²) in [5.74, 6) is 1.71. The van der Waals surface area contributed by atoms with Crippen LogP contribution in [0.4, 0.5) is 0 Å². The largest absolute Gasteiger partial charge is 0.439 e. The van der Waals surface area contributed by atoms with Crippen LogP contribution < -0.4 is 0 Å². The van der Waals surface area contributed by atoms with Crippen molar-refractivity contribution in [3.63, 3.8) is 0 Å². The van der Waals surface area contributed by atoms with Gasteiger partial charge < -0.3 is 4.42 Å². The van der Waals surface area contributed by atoms with E-state index in [-0.39, 0.29) is 16.8 Å². The van der Waals surface area contributed by atoms with Gasteiger partial charge in [-0.1, -0.05) is 31.7 Å². The zero-order chi connectivity index (χ0) is 18.0. The number of H-pyrrole nitrogens is 1. The Morgan fingerprint density at radius 3 is 2.92 bits per heavy atom. The Kier molecular flexibility index (Phi) is 4.90. The summed E-state index contributed by atoms with van der Waals surface area (Å²) in [6.07, 6.45) is 8.41. The van der Waals surface area contributed by atoms with E-state index >= 15 is 0 Å². The molecule has 0 amide bonds. The van der Waals surface area contributed by atoms with Crippen LogP contribution in [0.15, 0.2) is 33.3 Å². The third kappa shape index (κ3) is 3.88. The first kappa shape index (κ1) is 17.4. The number of hydrogen-bond acceptors (Lipinski definition) is 7. The van der Waals surface area contributed by atoms with Gasteiger partial charge in [0.25, 0.3) is 5.16 Å². The van der Waals surface area contributed by atoms with E-state index in [4.69, 9.17) is 4.42 Å². The van der Waals surface area contributed by atoms with Crippen molar-refractivity contribution < 1.29 is 12.8 Å². The van der Waals surface area contributed by atoms with Gasteiger partial charge in [-0.25, -0.2) is 18.4 Å². The van der Waals surface area contributed by atoms with Crippen LogP contribution in [0.25, 0.3) is 10.6 Å². The van der Waals surface area contributed by atoms with Gasteiger partial charge in [0.15, 0.2) is 5.76 Å². The van der Waals surface area contributed by atoms with Gasteiger partial charge in [0.2, 0.25) is 15.7 Å². The summed E-state index contributed by atoms with van der Waals surface area (Å²) in [6, 6.07) is 3.80. The van der Waals surface area contributed by atoms with Crippen molar-refractivity contribution >= 4 is 21.2 Å². The molecular formula is C17H20N4O3S2. The maximum atomic E-state index is 12.5. The first-order chi connectivity index (χ1) is 12.6. The smallest absolute Gasteiger partial charge is 0.267 e. The molecule has 3 aromatic rings. The van der Waals surface area contributed by atoms with Gasteiger partial charge in [-0.05, 0) is 23.8 Å². The number of aromatic amines is 1. The highest BCUT2D eigenvalue weighted by Gasteiger charge is 2.24. The van der Waals surface area contributed by atoms with Gasteiger partial charge in [0, 0.05) is 6.42 Å². The standard InChI is InChI=1S/C17H20N4O3S2/c22-26(23,11-16-18-10-13(24-16)14-6-3-9-25-14)17-19-15(20-21-17)8-7-12-4-1-2-5-12/h3,6,9-10,12H,1-2,4-5,7-8,11H2,(H,19,20,21). The van der Waals surface area contributed by atoms with Crippen LogP contribution in [0.3, 0.4) is 0 Å². The van der Waals surface area contributed by atoms with Gasteiger partial charge in [-0.3, -0.25) is 5.10 Å². The third-order valence-corrected chi connectivity index (χ3v) is 6.93. The highest BCUT2D eigenvalue weighted by molar-refractivity contribution is 7.90. The normalized spacial score (nSPS) is 15.7. The van der Waals surface area contributed by atoms with E-state index in [1.54, 1.807) is 6.20 Å². The minimum absolute atomic E-state index is 0.144. The molecule has 0 radical (unpaired) electrons. The monoisotopic (exact) mass is 392 g/mol. The summed E-state index contributed by atoms with van der Waals surface area (Å²) in [6.45, 7) is 0. The van der Waals surface area contributed by atoms with Crippen LogP contribution in [0.5, 0.6) is 0 Å². The van der Waals surface area contributed by atoms with Crippen LogP contribution in [-0.2, 0) is 22.0 Å². The van der Waals surface area contributed by atoms with Crippen LogP contribution in [0.2, 0.25) is 0 Å². The Labute approximate surface area is 155 Å². The molecule has 138 valence electrons. The molecule has 7 nitrogen and oxygen atoms in total. The van der Waals surface area contributed by atoms with Crippen LogP contribution in [0, 0.1) is 5.92 Å². The van der Waals surface area contributed by atoms with E-state index in [9.17, 15) is 8.42 Å². The highest BCUT2D eigenvalue weighted by Crippen LogP contribution is 2.28. The van der Waals surface area contributed by atoms with E-state index in [2.05, 4.69) is 20.2 Å². The van der Waals surface area contributed by atoms with Crippen LogP contribution in [-0.4, -0.2) is 28.6 Å². The Hall–Kier alpha value is -2.00. The number of aryl methyl sites for hydroxylation is 1. The number of rotatable bonds is 7. The maximum absolute atomic E-state index is 12.5. The molecule has 3 aromatic heterocycles. The number of nitrogens with one attached hydrogen (secondary N) is 1. The Morgan fingerprint density at radius 2 is 2.15 bits per heavy atom. The molecule has 0 saturated heterocycles. The molecule has 0 bridgehead atoms. The lowest BCUT2D eigenvalue weighted by atomic mass is 10.0. The molecule has 26 heavy (non-hydrogen) atoms.